The van der Waals surface area contributed by atoms with Gasteiger partial charge in [-0.1, -0.05) is 24.3 Å². The minimum Gasteiger partial charge on any atom is -0.383 e. The fourth-order valence-corrected chi connectivity index (χ4v) is 4.33. The zero-order chi connectivity index (χ0) is 21.4. The molecule has 0 aliphatic carbocycles. The van der Waals surface area contributed by atoms with Gasteiger partial charge in [-0.2, -0.15) is 0 Å². The predicted octanol–water partition coefficient (Wildman–Crippen LogP) is 6.67. The van der Waals surface area contributed by atoms with Crippen molar-refractivity contribution in [3.05, 3.63) is 77.6 Å². The molecule has 1 atom stereocenters. The van der Waals surface area contributed by atoms with E-state index in [0.29, 0.717) is 12.1 Å². The average molecular weight is 403 g/mol. The quantitative estimate of drug-likeness (QED) is 0.499. The molecule has 4 heteroatoms. The molecule has 0 radical (unpaired) electrons. The minimum atomic E-state index is -0.212. The van der Waals surface area contributed by atoms with Crippen LogP contribution in [0.1, 0.15) is 44.9 Å². The first-order chi connectivity index (χ1) is 14.3. The summed E-state index contributed by atoms with van der Waals surface area (Å²) in [6.45, 7) is 8.56. The highest BCUT2D eigenvalue weighted by Gasteiger charge is 2.30. The highest BCUT2D eigenvalue weighted by Crippen LogP contribution is 2.48. The van der Waals surface area contributed by atoms with Crippen molar-refractivity contribution in [1.29, 1.82) is 0 Å². The Kier molecular flexibility index (Phi) is 5.42. The maximum Gasteiger partial charge on any atom is 0.123 e. The lowest BCUT2D eigenvalue weighted by Gasteiger charge is -2.39. The zero-order valence-corrected chi connectivity index (χ0v) is 18.3. The molecule has 30 heavy (non-hydrogen) atoms. The molecule has 1 heterocycles. The third kappa shape index (κ3) is 3.87. The molecule has 3 aromatic carbocycles. The first-order valence-electron chi connectivity index (χ1n) is 10.6. The maximum atomic E-state index is 13.6. The van der Waals surface area contributed by atoms with Crippen LogP contribution in [0.4, 0.5) is 21.5 Å². The smallest absolute Gasteiger partial charge is 0.123 e. The molecule has 1 aliphatic heterocycles. The molecule has 1 unspecified atom stereocenters. The fraction of sp³-hybridized carbons (Fsp3) is 0.308. The van der Waals surface area contributed by atoms with E-state index < -0.39 is 0 Å². The summed E-state index contributed by atoms with van der Waals surface area (Å²) in [5.74, 6) is -0.212. The summed E-state index contributed by atoms with van der Waals surface area (Å²) >= 11 is 0. The second-order valence-corrected chi connectivity index (χ2v) is 8.70. The van der Waals surface area contributed by atoms with E-state index in [1.807, 2.05) is 12.1 Å². The predicted molar refractivity (Wildman–Crippen MR) is 126 cm³/mol. The molecule has 3 aromatic rings. The first kappa shape index (κ1) is 20.3. The topological polar surface area (TPSA) is 27.3 Å². The molecule has 156 valence electrons. The lowest BCUT2D eigenvalue weighted by atomic mass is 9.84. The van der Waals surface area contributed by atoms with E-state index in [4.69, 9.17) is 0 Å². The van der Waals surface area contributed by atoms with Crippen LogP contribution < -0.4 is 15.5 Å². The van der Waals surface area contributed by atoms with Crippen LogP contribution in [-0.2, 0) is 0 Å². The molecular formula is C26H30FN3. The van der Waals surface area contributed by atoms with Crippen LogP contribution in [0.2, 0.25) is 0 Å². The van der Waals surface area contributed by atoms with Gasteiger partial charge in [0.1, 0.15) is 5.82 Å². The van der Waals surface area contributed by atoms with Crippen molar-refractivity contribution in [1.82, 2.24) is 0 Å². The standard InChI is InChI=1S/C26H30FN3/c1-16(2)28-20-10-12-22-23-13-11-21(29-17(3)4)15-25(23)30(5)26(24(22)14-20)18-6-8-19(27)9-7-18/h6-17,26,28-29H,1-5H3/i27-1. The molecule has 0 saturated carbocycles. The van der Waals surface area contributed by atoms with Gasteiger partial charge in [0.15, 0.2) is 0 Å². The normalized spacial score (nSPS) is 15.2. The van der Waals surface area contributed by atoms with Gasteiger partial charge in [-0.05, 0) is 80.8 Å². The molecular weight excluding hydrogens is 372 g/mol. The van der Waals surface area contributed by atoms with Gasteiger partial charge >= 0.3 is 0 Å². The second-order valence-electron chi connectivity index (χ2n) is 8.70. The third-order valence-corrected chi connectivity index (χ3v) is 5.50. The van der Waals surface area contributed by atoms with Crippen LogP contribution in [0.25, 0.3) is 11.1 Å². The van der Waals surface area contributed by atoms with Gasteiger partial charge in [0.2, 0.25) is 0 Å². The van der Waals surface area contributed by atoms with E-state index in [1.165, 1.54) is 22.4 Å². The zero-order valence-electron chi connectivity index (χ0n) is 18.3. The minimum absolute atomic E-state index is 0.0105. The van der Waals surface area contributed by atoms with E-state index in [2.05, 4.69) is 86.7 Å². The number of rotatable bonds is 5. The van der Waals surface area contributed by atoms with Gasteiger partial charge in [0.25, 0.3) is 0 Å². The largest absolute Gasteiger partial charge is 0.383 e. The van der Waals surface area contributed by atoms with E-state index >= 15 is 0 Å². The monoisotopic (exact) mass is 402 g/mol. The van der Waals surface area contributed by atoms with Crippen LogP contribution in [-0.4, -0.2) is 19.1 Å². The summed E-state index contributed by atoms with van der Waals surface area (Å²) in [4.78, 5) is 2.30. The number of benzene rings is 3. The van der Waals surface area contributed by atoms with Crippen molar-refractivity contribution in [2.45, 2.75) is 45.8 Å². The summed E-state index contributed by atoms with van der Waals surface area (Å²) in [6, 6.07) is 20.8. The van der Waals surface area contributed by atoms with Gasteiger partial charge in [0, 0.05) is 41.8 Å². The SMILES string of the molecule is CC(C)Nc1ccc2c(c1)C(c1ccc([18F])cc1)N(C)c1cc(NC(C)C)ccc1-2. The molecule has 0 saturated heterocycles. The first-order valence-corrected chi connectivity index (χ1v) is 10.6. The Bertz CT molecular complexity index is 1040. The average Bonchev–Trinajstić information content (AvgIpc) is 2.68. The summed E-state index contributed by atoms with van der Waals surface area (Å²) in [7, 11) is 2.12. The molecule has 0 aromatic heterocycles. The van der Waals surface area contributed by atoms with Crippen molar-refractivity contribution < 1.29 is 4.39 Å². The second kappa shape index (κ2) is 8.02. The van der Waals surface area contributed by atoms with Crippen molar-refractivity contribution in [3.8, 4) is 11.1 Å². The molecule has 0 spiro atoms. The fourth-order valence-electron chi connectivity index (χ4n) is 4.33. The van der Waals surface area contributed by atoms with E-state index in [1.54, 1.807) is 12.1 Å². The van der Waals surface area contributed by atoms with E-state index in [9.17, 15) is 4.39 Å². The van der Waals surface area contributed by atoms with E-state index in [0.717, 1.165) is 16.9 Å². The summed E-state index contributed by atoms with van der Waals surface area (Å²) in [5, 5.41) is 7.02. The van der Waals surface area contributed by atoms with Crippen LogP contribution >= 0.6 is 0 Å². The van der Waals surface area contributed by atoms with Crippen LogP contribution in [0.5, 0.6) is 0 Å². The molecule has 3 nitrogen and oxygen atoms in total. The Hall–Kier alpha value is -3.01. The number of anilines is 3. The van der Waals surface area contributed by atoms with E-state index in [-0.39, 0.29) is 11.9 Å². The third-order valence-electron chi connectivity index (χ3n) is 5.50. The van der Waals surface area contributed by atoms with Crippen molar-refractivity contribution in [3.63, 3.8) is 0 Å². The lowest BCUT2D eigenvalue weighted by Crippen LogP contribution is -2.29. The van der Waals surface area contributed by atoms with Gasteiger partial charge in [-0.3, -0.25) is 0 Å². The lowest BCUT2D eigenvalue weighted by molar-refractivity contribution is 0.625. The summed E-state index contributed by atoms with van der Waals surface area (Å²) in [5.41, 5.74) is 8.13. The van der Waals surface area contributed by atoms with Gasteiger partial charge < -0.3 is 15.5 Å². The van der Waals surface area contributed by atoms with Gasteiger partial charge in [-0.25, -0.2) is 4.39 Å². The van der Waals surface area contributed by atoms with Crippen molar-refractivity contribution >= 4 is 17.1 Å². The molecule has 2 N–H and O–H groups in total. The summed E-state index contributed by atoms with van der Waals surface area (Å²) in [6.07, 6.45) is 0. The maximum absolute atomic E-state index is 13.6. The number of nitrogens with zero attached hydrogens (tertiary/aromatic N) is 1. The number of fused-ring (bicyclic) bond motifs is 3. The molecule has 4 rings (SSSR count). The van der Waals surface area contributed by atoms with Gasteiger partial charge in [0.05, 0.1) is 6.04 Å². The van der Waals surface area contributed by atoms with Crippen LogP contribution in [0.3, 0.4) is 0 Å². The molecule has 0 fully saturated rings. The highest BCUT2D eigenvalue weighted by atomic mass is 18.2. The number of nitrogens with one attached hydrogen (secondary N) is 2. The molecule has 0 bridgehead atoms. The molecule has 0 amide bonds. The van der Waals surface area contributed by atoms with Gasteiger partial charge in [-0.15, -0.1) is 0 Å². The Labute approximate surface area is 178 Å². The Morgan fingerprint density at radius 3 is 1.93 bits per heavy atom. The molecule has 1 aliphatic rings. The Balaban J connectivity index is 1.88. The summed E-state index contributed by atoms with van der Waals surface area (Å²) < 4.78 is 13.6. The van der Waals surface area contributed by atoms with Crippen LogP contribution in [0, 0.1) is 5.82 Å². The number of hydrogen-bond donors (Lipinski definition) is 2. The Morgan fingerprint density at radius 2 is 1.33 bits per heavy atom. The van der Waals surface area contributed by atoms with Crippen molar-refractivity contribution in [2.75, 3.05) is 22.6 Å². The van der Waals surface area contributed by atoms with Crippen molar-refractivity contribution in [2.24, 2.45) is 0 Å². The Morgan fingerprint density at radius 1 is 0.767 bits per heavy atom. The number of halogens is 1. The number of hydrogen-bond acceptors (Lipinski definition) is 3. The highest BCUT2D eigenvalue weighted by molar-refractivity contribution is 5.88. The van der Waals surface area contributed by atoms with Crippen LogP contribution in [0.15, 0.2) is 60.7 Å².